The molecule has 3 rings (SSSR count). The van der Waals surface area contributed by atoms with Crippen LogP contribution in [0.4, 0.5) is 0 Å². The smallest absolute Gasteiger partial charge is 0.191 e. The molecule has 0 bridgehead atoms. The van der Waals surface area contributed by atoms with Gasteiger partial charge in [0, 0.05) is 22.9 Å². The van der Waals surface area contributed by atoms with Gasteiger partial charge in [-0.05, 0) is 18.1 Å². The third-order valence-corrected chi connectivity index (χ3v) is 5.93. The Bertz CT molecular complexity index is 557. The summed E-state index contributed by atoms with van der Waals surface area (Å²) < 4.78 is 1.98. The molecule has 100 valence electrons. The van der Waals surface area contributed by atoms with Crippen molar-refractivity contribution < 1.29 is 0 Å². The molecule has 2 aromatic rings. The van der Waals surface area contributed by atoms with Gasteiger partial charge in [0.1, 0.15) is 5.82 Å². The summed E-state index contributed by atoms with van der Waals surface area (Å²) in [5.74, 6) is 1.89. The van der Waals surface area contributed by atoms with E-state index in [9.17, 15) is 0 Å². The number of aromatic nitrogens is 3. The molecule has 1 aromatic carbocycles. The van der Waals surface area contributed by atoms with Crippen LogP contribution in [0.5, 0.6) is 0 Å². The molecule has 19 heavy (non-hydrogen) atoms. The fraction of sp³-hybridized carbons (Fsp3) is 0.385. The lowest BCUT2D eigenvalue weighted by atomic mass is 10.1. The summed E-state index contributed by atoms with van der Waals surface area (Å²) in [7, 11) is 1.97. The van der Waals surface area contributed by atoms with E-state index in [4.69, 9.17) is 5.73 Å². The largest absolute Gasteiger partial charge is 0.324 e. The van der Waals surface area contributed by atoms with Gasteiger partial charge in [-0.15, -0.1) is 22.0 Å². The predicted molar refractivity (Wildman–Crippen MR) is 79.4 cm³/mol. The van der Waals surface area contributed by atoms with Crippen LogP contribution in [0.15, 0.2) is 34.3 Å². The average molecular weight is 292 g/mol. The summed E-state index contributed by atoms with van der Waals surface area (Å²) >= 11 is 3.73. The van der Waals surface area contributed by atoms with Crippen molar-refractivity contribution in [3.63, 3.8) is 0 Å². The van der Waals surface area contributed by atoms with Gasteiger partial charge in [-0.1, -0.05) is 30.0 Å². The highest BCUT2D eigenvalue weighted by Crippen LogP contribution is 2.38. The molecule has 2 N–H and O–H groups in total. The number of fused-ring (bicyclic) bond motifs is 1. The molecule has 2 heterocycles. The van der Waals surface area contributed by atoms with E-state index in [0.717, 1.165) is 23.2 Å². The molecular formula is C13H16N4S2. The Morgan fingerprint density at radius 3 is 3.00 bits per heavy atom. The summed E-state index contributed by atoms with van der Waals surface area (Å²) in [6.45, 7) is 0.438. The molecule has 0 radical (unpaired) electrons. The monoisotopic (exact) mass is 292 g/mol. The summed E-state index contributed by atoms with van der Waals surface area (Å²) in [6.07, 6.45) is 1.15. The summed E-state index contributed by atoms with van der Waals surface area (Å²) in [6, 6.07) is 8.66. The van der Waals surface area contributed by atoms with Crippen molar-refractivity contribution in [3.8, 4) is 0 Å². The van der Waals surface area contributed by atoms with E-state index in [1.807, 2.05) is 23.4 Å². The lowest BCUT2D eigenvalue weighted by Gasteiger charge is -2.07. The van der Waals surface area contributed by atoms with Gasteiger partial charge in [-0.3, -0.25) is 0 Å². The van der Waals surface area contributed by atoms with Gasteiger partial charge in [0.05, 0.1) is 6.54 Å². The van der Waals surface area contributed by atoms with E-state index in [1.54, 1.807) is 11.8 Å². The predicted octanol–water partition coefficient (Wildman–Crippen LogP) is 2.08. The van der Waals surface area contributed by atoms with Crippen LogP contribution in [0.3, 0.4) is 0 Å². The number of hydrogen-bond acceptors (Lipinski definition) is 5. The van der Waals surface area contributed by atoms with Crippen molar-refractivity contribution in [2.75, 3.05) is 5.75 Å². The quantitative estimate of drug-likeness (QED) is 0.874. The van der Waals surface area contributed by atoms with Crippen LogP contribution in [0.2, 0.25) is 0 Å². The van der Waals surface area contributed by atoms with Gasteiger partial charge >= 0.3 is 0 Å². The first kappa shape index (κ1) is 13.0. The number of rotatable bonds is 4. The van der Waals surface area contributed by atoms with Crippen LogP contribution in [-0.2, 0) is 20.0 Å². The van der Waals surface area contributed by atoms with Crippen LogP contribution >= 0.6 is 23.5 Å². The fourth-order valence-electron chi connectivity index (χ4n) is 2.16. The highest BCUT2D eigenvalue weighted by molar-refractivity contribution is 8.03. The second-order valence-electron chi connectivity index (χ2n) is 4.52. The van der Waals surface area contributed by atoms with Gasteiger partial charge < -0.3 is 10.3 Å². The van der Waals surface area contributed by atoms with Crippen LogP contribution in [0.1, 0.15) is 11.4 Å². The average Bonchev–Trinajstić information content (AvgIpc) is 2.99. The van der Waals surface area contributed by atoms with Crippen molar-refractivity contribution >= 4 is 23.5 Å². The number of nitrogens with two attached hydrogens (primary N) is 1. The van der Waals surface area contributed by atoms with Crippen LogP contribution in [-0.4, -0.2) is 25.8 Å². The maximum Gasteiger partial charge on any atom is 0.191 e. The molecule has 1 aliphatic heterocycles. The summed E-state index contributed by atoms with van der Waals surface area (Å²) in [5, 5.41) is 9.84. The van der Waals surface area contributed by atoms with Crippen molar-refractivity contribution in [1.82, 2.24) is 14.8 Å². The SMILES string of the molecule is Cn1c(CN)nnc1SCC1Cc2ccccc2S1. The van der Waals surface area contributed by atoms with E-state index in [2.05, 4.69) is 34.5 Å². The van der Waals surface area contributed by atoms with Crippen molar-refractivity contribution in [3.05, 3.63) is 35.7 Å². The summed E-state index contributed by atoms with van der Waals surface area (Å²) in [4.78, 5) is 1.42. The van der Waals surface area contributed by atoms with E-state index in [-0.39, 0.29) is 0 Å². The molecule has 1 unspecified atom stereocenters. The normalized spacial score (nSPS) is 17.7. The highest BCUT2D eigenvalue weighted by atomic mass is 32.2. The Labute approximate surface area is 121 Å². The molecule has 1 atom stereocenters. The van der Waals surface area contributed by atoms with Crippen LogP contribution in [0.25, 0.3) is 0 Å². The lowest BCUT2D eigenvalue weighted by Crippen LogP contribution is -2.07. The molecule has 0 spiro atoms. The van der Waals surface area contributed by atoms with E-state index < -0.39 is 0 Å². The summed E-state index contributed by atoms with van der Waals surface area (Å²) in [5.41, 5.74) is 7.07. The minimum atomic E-state index is 0.438. The molecule has 6 heteroatoms. The topological polar surface area (TPSA) is 56.7 Å². The Kier molecular flexibility index (Phi) is 3.81. The van der Waals surface area contributed by atoms with Crippen LogP contribution in [0, 0.1) is 0 Å². The van der Waals surface area contributed by atoms with E-state index in [0.29, 0.717) is 11.8 Å². The van der Waals surface area contributed by atoms with Gasteiger partial charge in [0.2, 0.25) is 0 Å². The molecule has 1 aromatic heterocycles. The molecule has 0 aliphatic carbocycles. The molecule has 0 saturated heterocycles. The number of thioether (sulfide) groups is 2. The molecule has 4 nitrogen and oxygen atoms in total. The van der Waals surface area contributed by atoms with Crippen molar-refractivity contribution in [1.29, 1.82) is 0 Å². The first-order chi connectivity index (χ1) is 9.28. The second-order valence-corrected chi connectivity index (χ2v) is 6.85. The maximum atomic E-state index is 5.60. The Hall–Kier alpha value is -0.980. The molecule has 1 aliphatic rings. The maximum absolute atomic E-state index is 5.60. The molecular weight excluding hydrogens is 276 g/mol. The minimum absolute atomic E-state index is 0.438. The molecule has 0 saturated carbocycles. The number of benzene rings is 1. The highest BCUT2D eigenvalue weighted by Gasteiger charge is 2.22. The van der Waals surface area contributed by atoms with Crippen LogP contribution < -0.4 is 5.73 Å². The Morgan fingerprint density at radius 1 is 1.42 bits per heavy atom. The Morgan fingerprint density at radius 2 is 2.26 bits per heavy atom. The second kappa shape index (κ2) is 5.56. The zero-order chi connectivity index (χ0) is 13.2. The fourth-order valence-corrected chi connectivity index (χ4v) is 4.57. The molecule has 0 amide bonds. The standard InChI is InChI=1S/C13H16N4S2/c1-17-12(7-14)15-16-13(17)18-8-10-6-9-4-2-3-5-11(9)19-10/h2-5,10H,6-8,14H2,1H3. The minimum Gasteiger partial charge on any atom is -0.324 e. The third kappa shape index (κ3) is 2.66. The number of nitrogens with zero attached hydrogens (tertiary/aromatic N) is 3. The van der Waals surface area contributed by atoms with Gasteiger partial charge in [0.25, 0.3) is 0 Å². The van der Waals surface area contributed by atoms with Crippen molar-refractivity contribution in [2.24, 2.45) is 12.8 Å². The van der Waals surface area contributed by atoms with Gasteiger partial charge in [-0.2, -0.15) is 0 Å². The number of hydrogen-bond donors (Lipinski definition) is 1. The first-order valence-corrected chi connectivity index (χ1v) is 8.10. The zero-order valence-corrected chi connectivity index (χ0v) is 12.4. The van der Waals surface area contributed by atoms with E-state index in [1.165, 1.54) is 10.5 Å². The van der Waals surface area contributed by atoms with Gasteiger partial charge in [0.15, 0.2) is 5.16 Å². The lowest BCUT2D eigenvalue weighted by molar-refractivity contribution is 0.734. The Balaban J connectivity index is 1.61. The zero-order valence-electron chi connectivity index (χ0n) is 10.7. The molecule has 0 fully saturated rings. The van der Waals surface area contributed by atoms with E-state index >= 15 is 0 Å². The van der Waals surface area contributed by atoms with Crippen molar-refractivity contribution in [2.45, 2.75) is 28.3 Å². The van der Waals surface area contributed by atoms with Gasteiger partial charge in [-0.25, -0.2) is 0 Å². The third-order valence-electron chi connectivity index (χ3n) is 3.22. The first-order valence-electron chi connectivity index (χ1n) is 6.23.